The van der Waals surface area contributed by atoms with Gasteiger partial charge in [0.05, 0.1) is 25.5 Å². The molecule has 0 fully saturated rings. The first kappa shape index (κ1) is 18.6. The summed E-state index contributed by atoms with van der Waals surface area (Å²) in [5.74, 6) is 1.19. The zero-order chi connectivity index (χ0) is 20.4. The summed E-state index contributed by atoms with van der Waals surface area (Å²) in [6.45, 7) is 0.335. The molecule has 29 heavy (non-hydrogen) atoms. The Balaban J connectivity index is 1.83. The Kier molecular flexibility index (Phi) is 4.91. The van der Waals surface area contributed by atoms with Crippen LogP contribution >= 0.6 is 0 Å². The van der Waals surface area contributed by atoms with E-state index in [1.54, 1.807) is 80.0 Å². The summed E-state index contributed by atoms with van der Waals surface area (Å²) in [5.41, 5.74) is 0.922. The normalized spacial score (nSPS) is 10.8. The number of aromatic nitrogens is 1. The van der Waals surface area contributed by atoms with Crippen molar-refractivity contribution in [3.05, 3.63) is 94.8 Å². The number of furan rings is 1. The molecule has 0 unspecified atom stereocenters. The maximum atomic E-state index is 13.2. The van der Waals surface area contributed by atoms with Gasteiger partial charge in [0, 0.05) is 29.7 Å². The second-order valence-electron chi connectivity index (χ2n) is 6.70. The fraction of sp³-hybridized carbons (Fsp3) is 0.130. The molecule has 0 atom stereocenters. The number of hydrogen-bond acceptors (Lipinski definition) is 4. The third-order valence-electron chi connectivity index (χ3n) is 4.83. The summed E-state index contributed by atoms with van der Waals surface area (Å²) in [6.07, 6.45) is 3.18. The van der Waals surface area contributed by atoms with Gasteiger partial charge in [0.15, 0.2) is 0 Å². The van der Waals surface area contributed by atoms with Crippen LogP contribution in [0.2, 0.25) is 0 Å². The van der Waals surface area contributed by atoms with Gasteiger partial charge in [-0.25, -0.2) is 0 Å². The quantitative estimate of drug-likeness (QED) is 0.521. The Morgan fingerprint density at radius 1 is 1.03 bits per heavy atom. The number of benzene rings is 2. The monoisotopic (exact) mass is 388 g/mol. The molecular formula is C23H20N2O4. The number of rotatable bonds is 5. The average molecular weight is 388 g/mol. The predicted molar refractivity (Wildman–Crippen MR) is 111 cm³/mol. The molecule has 6 heteroatoms. The Hall–Kier alpha value is -3.80. The van der Waals surface area contributed by atoms with Gasteiger partial charge in [0.25, 0.3) is 11.5 Å². The van der Waals surface area contributed by atoms with E-state index in [0.29, 0.717) is 40.1 Å². The summed E-state index contributed by atoms with van der Waals surface area (Å²) in [7, 11) is 3.30. The van der Waals surface area contributed by atoms with Gasteiger partial charge in [-0.15, -0.1) is 0 Å². The lowest BCUT2D eigenvalue weighted by atomic mass is 10.1. The summed E-state index contributed by atoms with van der Waals surface area (Å²) >= 11 is 0. The Morgan fingerprint density at radius 2 is 1.76 bits per heavy atom. The Morgan fingerprint density at radius 3 is 2.41 bits per heavy atom. The molecule has 0 aliphatic carbocycles. The standard InChI is InChI=1S/C23H20N2O4/c1-24(14-18-6-5-13-29-18)22(26)21-15-25(16-9-11-17(28-2)12-10-16)23(27)20-8-4-3-7-19(20)21/h3-13,15H,14H2,1-2H3. The number of ether oxygens (including phenoxy) is 1. The van der Waals surface area contributed by atoms with Gasteiger partial charge in [-0.1, -0.05) is 18.2 Å². The minimum atomic E-state index is -0.195. The zero-order valence-corrected chi connectivity index (χ0v) is 16.2. The van der Waals surface area contributed by atoms with E-state index in [4.69, 9.17) is 9.15 Å². The smallest absolute Gasteiger partial charge is 0.262 e. The lowest BCUT2D eigenvalue weighted by Crippen LogP contribution is -2.28. The largest absolute Gasteiger partial charge is 0.497 e. The van der Waals surface area contributed by atoms with Crippen LogP contribution in [-0.4, -0.2) is 29.5 Å². The fourth-order valence-electron chi connectivity index (χ4n) is 3.31. The van der Waals surface area contributed by atoms with Gasteiger partial charge in [-0.3, -0.25) is 14.2 Å². The Bertz CT molecular complexity index is 1210. The highest BCUT2D eigenvalue weighted by Crippen LogP contribution is 2.21. The zero-order valence-electron chi connectivity index (χ0n) is 16.2. The van der Waals surface area contributed by atoms with Gasteiger partial charge in [-0.05, 0) is 42.5 Å². The molecule has 146 valence electrons. The first-order valence-electron chi connectivity index (χ1n) is 9.15. The molecule has 2 aromatic heterocycles. The predicted octanol–water partition coefficient (Wildman–Crippen LogP) is 3.86. The van der Waals surface area contributed by atoms with Crippen LogP contribution in [0.3, 0.4) is 0 Å². The molecule has 0 N–H and O–H groups in total. The van der Waals surface area contributed by atoms with E-state index in [2.05, 4.69) is 0 Å². The SMILES string of the molecule is COc1ccc(-n2cc(C(=O)N(C)Cc3ccco3)c3ccccc3c2=O)cc1. The van der Waals surface area contributed by atoms with Crippen molar-refractivity contribution in [1.29, 1.82) is 0 Å². The van der Waals surface area contributed by atoms with Crippen molar-refractivity contribution in [3.8, 4) is 11.4 Å². The number of hydrogen-bond donors (Lipinski definition) is 0. The van der Waals surface area contributed by atoms with E-state index in [0.717, 1.165) is 0 Å². The van der Waals surface area contributed by atoms with E-state index >= 15 is 0 Å². The van der Waals surface area contributed by atoms with Crippen LogP contribution in [-0.2, 0) is 6.54 Å². The second kappa shape index (κ2) is 7.67. The van der Waals surface area contributed by atoms with Gasteiger partial charge < -0.3 is 14.1 Å². The van der Waals surface area contributed by atoms with Gasteiger partial charge >= 0.3 is 0 Å². The van der Waals surface area contributed by atoms with Crippen LogP contribution in [0.15, 0.2) is 82.3 Å². The Labute approximate surface area is 167 Å². The molecule has 0 bridgehead atoms. The first-order valence-corrected chi connectivity index (χ1v) is 9.15. The minimum absolute atomic E-state index is 0.184. The number of carbonyl (C=O) groups is 1. The molecule has 4 rings (SSSR count). The third kappa shape index (κ3) is 3.52. The number of fused-ring (bicyclic) bond motifs is 1. The number of amides is 1. The van der Waals surface area contributed by atoms with Crippen molar-refractivity contribution in [1.82, 2.24) is 9.47 Å². The van der Waals surface area contributed by atoms with Crippen molar-refractivity contribution in [2.24, 2.45) is 0 Å². The number of pyridine rings is 1. The summed E-state index contributed by atoms with van der Waals surface area (Å²) in [6, 6.07) is 17.9. The molecule has 0 radical (unpaired) electrons. The molecule has 0 aliphatic rings. The van der Waals surface area contributed by atoms with Crippen molar-refractivity contribution in [2.45, 2.75) is 6.54 Å². The molecular weight excluding hydrogens is 368 g/mol. The molecule has 0 saturated carbocycles. The maximum Gasteiger partial charge on any atom is 0.262 e. The van der Waals surface area contributed by atoms with Gasteiger partial charge in [0.2, 0.25) is 0 Å². The van der Waals surface area contributed by atoms with Crippen LogP contribution in [0.5, 0.6) is 5.75 Å². The van der Waals surface area contributed by atoms with Gasteiger partial charge in [0.1, 0.15) is 11.5 Å². The molecule has 2 aromatic carbocycles. The second-order valence-corrected chi connectivity index (χ2v) is 6.70. The molecule has 4 aromatic rings. The molecule has 6 nitrogen and oxygen atoms in total. The lowest BCUT2D eigenvalue weighted by Gasteiger charge is -2.18. The lowest BCUT2D eigenvalue weighted by molar-refractivity contribution is 0.0777. The van der Waals surface area contributed by atoms with Crippen LogP contribution < -0.4 is 10.3 Å². The van der Waals surface area contributed by atoms with Crippen molar-refractivity contribution < 1.29 is 13.9 Å². The highest BCUT2D eigenvalue weighted by Gasteiger charge is 2.19. The van der Waals surface area contributed by atoms with E-state index in [9.17, 15) is 9.59 Å². The summed E-state index contributed by atoms with van der Waals surface area (Å²) in [4.78, 5) is 27.9. The van der Waals surface area contributed by atoms with Crippen LogP contribution in [0, 0.1) is 0 Å². The molecule has 0 aliphatic heterocycles. The molecule has 2 heterocycles. The summed E-state index contributed by atoms with van der Waals surface area (Å²) < 4.78 is 12.0. The molecule has 0 saturated heterocycles. The van der Waals surface area contributed by atoms with Crippen molar-refractivity contribution in [3.63, 3.8) is 0 Å². The van der Waals surface area contributed by atoms with Crippen molar-refractivity contribution >= 4 is 16.7 Å². The maximum absolute atomic E-state index is 13.2. The van der Waals surface area contributed by atoms with Gasteiger partial charge in [-0.2, -0.15) is 0 Å². The molecule has 1 amide bonds. The third-order valence-corrected chi connectivity index (χ3v) is 4.83. The van der Waals surface area contributed by atoms with Crippen LogP contribution in [0.1, 0.15) is 16.1 Å². The van der Waals surface area contributed by atoms with E-state index in [1.165, 1.54) is 4.57 Å². The van der Waals surface area contributed by atoms with Crippen LogP contribution in [0.25, 0.3) is 16.5 Å². The average Bonchev–Trinajstić information content (AvgIpc) is 3.27. The van der Waals surface area contributed by atoms with Crippen LogP contribution in [0.4, 0.5) is 0 Å². The number of carbonyl (C=O) groups excluding carboxylic acids is 1. The summed E-state index contributed by atoms with van der Waals surface area (Å²) in [5, 5.41) is 1.11. The topological polar surface area (TPSA) is 64.7 Å². The highest BCUT2D eigenvalue weighted by molar-refractivity contribution is 6.06. The van der Waals surface area contributed by atoms with E-state index in [1.807, 2.05) is 12.1 Å². The number of nitrogens with zero attached hydrogens (tertiary/aromatic N) is 2. The minimum Gasteiger partial charge on any atom is -0.497 e. The van der Waals surface area contributed by atoms with Crippen molar-refractivity contribution in [2.75, 3.05) is 14.2 Å². The highest BCUT2D eigenvalue weighted by atomic mass is 16.5. The first-order chi connectivity index (χ1) is 14.1. The number of methoxy groups -OCH3 is 1. The van der Waals surface area contributed by atoms with E-state index < -0.39 is 0 Å². The molecule has 0 spiro atoms. The fourth-order valence-corrected chi connectivity index (χ4v) is 3.31. The van der Waals surface area contributed by atoms with E-state index in [-0.39, 0.29) is 11.5 Å².